The second-order valence-electron chi connectivity index (χ2n) is 4.46. The summed E-state index contributed by atoms with van der Waals surface area (Å²) in [4.78, 5) is 4.47. The zero-order valence-corrected chi connectivity index (χ0v) is 9.17. The molecule has 2 aliphatic heterocycles. The van der Waals surface area contributed by atoms with Crippen molar-refractivity contribution in [3.8, 4) is 0 Å². The summed E-state index contributed by atoms with van der Waals surface area (Å²) in [6.07, 6.45) is 5.19. The highest BCUT2D eigenvalue weighted by molar-refractivity contribution is 5.83. The van der Waals surface area contributed by atoms with E-state index in [9.17, 15) is 5.11 Å². The van der Waals surface area contributed by atoms with E-state index < -0.39 is 0 Å². The van der Waals surface area contributed by atoms with Gasteiger partial charge in [-0.15, -0.1) is 0 Å². The maximum Gasteiger partial charge on any atom is 0.0968 e. The number of aliphatic hydroxyl groups is 1. The molecular weight excluding hydrogens is 192 g/mol. The molecule has 0 aromatic heterocycles. The number of rotatable bonds is 2. The Bertz CT molecular complexity index is 235. The van der Waals surface area contributed by atoms with Crippen LogP contribution in [-0.4, -0.2) is 42.8 Å². The zero-order valence-electron chi connectivity index (χ0n) is 9.17. The second kappa shape index (κ2) is 4.94. The number of hydrogen-bond acceptors (Lipinski definition) is 4. The SMILES string of the molecule is OCC1(NC2=NCCCC2)CCOCC1. The molecule has 86 valence electrons. The van der Waals surface area contributed by atoms with Crippen LogP contribution in [0.1, 0.15) is 32.1 Å². The summed E-state index contributed by atoms with van der Waals surface area (Å²) in [6.45, 7) is 2.58. The number of ether oxygens (including phenoxy) is 1. The zero-order chi connectivity index (χ0) is 10.6. The normalized spacial score (nSPS) is 25.8. The van der Waals surface area contributed by atoms with Crippen LogP contribution >= 0.6 is 0 Å². The lowest BCUT2D eigenvalue weighted by molar-refractivity contribution is 0.0203. The number of hydrogen-bond donors (Lipinski definition) is 2. The van der Waals surface area contributed by atoms with Gasteiger partial charge in [0.15, 0.2) is 0 Å². The lowest BCUT2D eigenvalue weighted by Gasteiger charge is -2.38. The highest BCUT2D eigenvalue weighted by Gasteiger charge is 2.32. The fraction of sp³-hybridized carbons (Fsp3) is 0.909. The molecule has 4 heteroatoms. The van der Waals surface area contributed by atoms with Gasteiger partial charge in [0, 0.05) is 26.2 Å². The predicted octanol–water partition coefficient (Wildman–Crippen LogP) is 0.700. The van der Waals surface area contributed by atoms with Gasteiger partial charge in [-0.05, 0) is 25.7 Å². The van der Waals surface area contributed by atoms with E-state index in [-0.39, 0.29) is 12.1 Å². The average Bonchev–Trinajstić information content (AvgIpc) is 2.32. The Morgan fingerprint density at radius 3 is 2.73 bits per heavy atom. The van der Waals surface area contributed by atoms with Crippen molar-refractivity contribution in [2.75, 3.05) is 26.4 Å². The molecule has 0 bridgehead atoms. The van der Waals surface area contributed by atoms with Gasteiger partial charge >= 0.3 is 0 Å². The fourth-order valence-electron chi connectivity index (χ4n) is 2.19. The molecule has 0 aliphatic carbocycles. The third kappa shape index (κ3) is 2.69. The lowest BCUT2D eigenvalue weighted by atomic mass is 9.90. The van der Waals surface area contributed by atoms with Crippen molar-refractivity contribution in [3.05, 3.63) is 0 Å². The quantitative estimate of drug-likeness (QED) is 0.708. The van der Waals surface area contributed by atoms with Gasteiger partial charge in [-0.3, -0.25) is 4.99 Å². The van der Waals surface area contributed by atoms with E-state index in [2.05, 4.69) is 10.3 Å². The Kier molecular flexibility index (Phi) is 3.59. The van der Waals surface area contributed by atoms with Crippen molar-refractivity contribution < 1.29 is 9.84 Å². The predicted molar refractivity (Wildman–Crippen MR) is 59.2 cm³/mol. The summed E-state index contributed by atoms with van der Waals surface area (Å²) in [5, 5.41) is 12.9. The molecule has 1 saturated heterocycles. The molecule has 2 aliphatic rings. The largest absolute Gasteiger partial charge is 0.394 e. The first-order valence-electron chi connectivity index (χ1n) is 5.85. The van der Waals surface area contributed by atoms with Gasteiger partial charge in [0.2, 0.25) is 0 Å². The van der Waals surface area contributed by atoms with E-state index in [4.69, 9.17) is 4.74 Å². The average molecular weight is 212 g/mol. The van der Waals surface area contributed by atoms with Crippen molar-refractivity contribution in [3.63, 3.8) is 0 Å². The van der Waals surface area contributed by atoms with E-state index in [1.165, 1.54) is 12.8 Å². The van der Waals surface area contributed by atoms with Gasteiger partial charge in [-0.1, -0.05) is 0 Å². The van der Waals surface area contributed by atoms with Crippen LogP contribution < -0.4 is 5.32 Å². The number of nitrogens with one attached hydrogen (secondary N) is 1. The van der Waals surface area contributed by atoms with Crippen LogP contribution in [0.5, 0.6) is 0 Å². The third-order valence-electron chi connectivity index (χ3n) is 3.29. The molecule has 1 fully saturated rings. The molecule has 0 unspecified atom stereocenters. The maximum atomic E-state index is 9.50. The number of nitrogens with zero attached hydrogens (tertiary/aromatic N) is 1. The lowest BCUT2D eigenvalue weighted by Crippen LogP contribution is -2.54. The molecule has 0 saturated carbocycles. The first-order valence-corrected chi connectivity index (χ1v) is 5.85. The van der Waals surface area contributed by atoms with E-state index in [0.29, 0.717) is 0 Å². The van der Waals surface area contributed by atoms with Crippen molar-refractivity contribution in [1.82, 2.24) is 5.32 Å². The molecule has 0 spiro atoms. The Hall–Kier alpha value is -0.610. The topological polar surface area (TPSA) is 53.8 Å². The Morgan fingerprint density at radius 1 is 1.33 bits per heavy atom. The number of amidine groups is 1. The van der Waals surface area contributed by atoms with Crippen LogP contribution in [0, 0.1) is 0 Å². The molecule has 15 heavy (non-hydrogen) atoms. The summed E-state index contributed by atoms with van der Waals surface area (Å²) < 4.78 is 5.32. The summed E-state index contributed by atoms with van der Waals surface area (Å²) in [7, 11) is 0. The Morgan fingerprint density at radius 2 is 2.13 bits per heavy atom. The van der Waals surface area contributed by atoms with E-state index in [0.717, 1.165) is 44.9 Å². The Balaban J connectivity index is 1.96. The van der Waals surface area contributed by atoms with Crippen molar-refractivity contribution in [2.24, 2.45) is 4.99 Å². The highest BCUT2D eigenvalue weighted by Crippen LogP contribution is 2.21. The molecule has 0 radical (unpaired) electrons. The number of aliphatic imine (C=N–C) groups is 1. The standard InChI is InChI=1S/C11H20N2O2/c14-9-11(4-7-15-8-5-11)13-10-3-1-2-6-12-10/h14H,1-9H2,(H,12,13). The van der Waals surface area contributed by atoms with Crippen LogP contribution in [-0.2, 0) is 4.74 Å². The molecule has 4 nitrogen and oxygen atoms in total. The summed E-state index contributed by atoms with van der Waals surface area (Å²) in [5.74, 6) is 1.08. The van der Waals surface area contributed by atoms with Gasteiger partial charge in [0.1, 0.15) is 0 Å². The smallest absolute Gasteiger partial charge is 0.0968 e. The first-order chi connectivity index (χ1) is 7.35. The van der Waals surface area contributed by atoms with Crippen LogP contribution in [0.25, 0.3) is 0 Å². The highest BCUT2D eigenvalue weighted by atomic mass is 16.5. The molecule has 2 N–H and O–H groups in total. The van der Waals surface area contributed by atoms with Crippen molar-refractivity contribution >= 4 is 5.84 Å². The summed E-state index contributed by atoms with van der Waals surface area (Å²) in [5.41, 5.74) is -0.172. The molecule has 0 aromatic rings. The van der Waals surface area contributed by atoms with E-state index in [1.807, 2.05) is 0 Å². The molecule has 0 atom stereocenters. The first kappa shape index (κ1) is 10.9. The van der Waals surface area contributed by atoms with E-state index >= 15 is 0 Å². The molecular formula is C11H20N2O2. The van der Waals surface area contributed by atoms with Gasteiger partial charge in [-0.25, -0.2) is 0 Å². The minimum atomic E-state index is -0.172. The van der Waals surface area contributed by atoms with Crippen molar-refractivity contribution in [1.29, 1.82) is 0 Å². The maximum absolute atomic E-state index is 9.50. The fourth-order valence-corrected chi connectivity index (χ4v) is 2.19. The van der Waals surface area contributed by atoms with Gasteiger partial charge in [0.25, 0.3) is 0 Å². The van der Waals surface area contributed by atoms with Gasteiger partial charge in [-0.2, -0.15) is 0 Å². The van der Waals surface area contributed by atoms with Gasteiger partial charge < -0.3 is 15.2 Å². The summed E-state index contributed by atoms with van der Waals surface area (Å²) >= 11 is 0. The molecule has 0 aromatic carbocycles. The van der Waals surface area contributed by atoms with Gasteiger partial charge in [0.05, 0.1) is 18.0 Å². The minimum absolute atomic E-state index is 0.172. The number of aliphatic hydroxyl groups excluding tert-OH is 1. The molecule has 2 heterocycles. The second-order valence-corrected chi connectivity index (χ2v) is 4.46. The molecule has 2 rings (SSSR count). The summed E-state index contributed by atoms with van der Waals surface area (Å²) in [6, 6.07) is 0. The van der Waals surface area contributed by atoms with Crippen LogP contribution in [0.3, 0.4) is 0 Å². The third-order valence-corrected chi connectivity index (χ3v) is 3.29. The van der Waals surface area contributed by atoms with E-state index in [1.54, 1.807) is 0 Å². The van der Waals surface area contributed by atoms with Crippen LogP contribution in [0.2, 0.25) is 0 Å². The monoisotopic (exact) mass is 212 g/mol. The Labute approximate surface area is 90.7 Å². The molecule has 0 amide bonds. The minimum Gasteiger partial charge on any atom is -0.394 e. The van der Waals surface area contributed by atoms with Crippen LogP contribution in [0.4, 0.5) is 0 Å². The van der Waals surface area contributed by atoms with Crippen LogP contribution in [0.15, 0.2) is 4.99 Å². The van der Waals surface area contributed by atoms with Crippen molar-refractivity contribution in [2.45, 2.75) is 37.6 Å².